The van der Waals surface area contributed by atoms with E-state index in [1.807, 2.05) is 4.57 Å². The van der Waals surface area contributed by atoms with E-state index in [1.54, 1.807) is 11.8 Å². The quantitative estimate of drug-likeness (QED) is 0.498. The minimum Gasteiger partial charge on any atom is -0.267 e. The summed E-state index contributed by atoms with van der Waals surface area (Å²) in [7, 11) is 0. The lowest BCUT2D eigenvalue weighted by molar-refractivity contribution is 0.332. The summed E-state index contributed by atoms with van der Waals surface area (Å²) >= 11 is 6.36. The maximum atomic E-state index is 11.8. The standard InChI is InChI=1S/C14H23N3OS2/c18-12-15-16-13(17(12)11-5-6-11)20-10-14(9-19)7-3-1-2-4-8-14/h11,19H,1-10H2,(H,15,18). The average Bonchev–Trinajstić information content (AvgIpc) is 3.25. The minimum absolute atomic E-state index is 0.0456. The van der Waals surface area contributed by atoms with Crippen molar-refractivity contribution in [3.8, 4) is 0 Å². The van der Waals surface area contributed by atoms with Crippen molar-refractivity contribution in [2.45, 2.75) is 62.6 Å². The Hall–Kier alpha value is -0.360. The summed E-state index contributed by atoms with van der Waals surface area (Å²) in [5, 5.41) is 7.70. The number of nitrogens with zero attached hydrogens (tertiary/aromatic N) is 2. The molecular weight excluding hydrogens is 290 g/mol. The van der Waals surface area contributed by atoms with Gasteiger partial charge in [0.2, 0.25) is 0 Å². The largest absolute Gasteiger partial charge is 0.344 e. The molecular formula is C14H23N3OS2. The highest BCUT2D eigenvalue weighted by Crippen LogP contribution is 2.41. The van der Waals surface area contributed by atoms with Gasteiger partial charge < -0.3 is 0 Å². The lowest BCUT2D eigenvalue weighted by Crippen LogP contribution is -2.26. The summed E-state index contributed by atoms with van der Waals surface area (Å²) in [6, 6.07) is 0.393. The number of thioether (sulfide) groups is 1. The third-order valence-electron chi connectivity index (χ3n) is 4.59. The molecule has 0 bridgehead atoms. The highest BCUT2D eigenvalue weighted by molar-refractivity contribution is 7.99. The Morgan fingerprint density at radius 1 is 1.30 bits per heavy atom. The molecule has 0 radical (unpaired) electrons. The molecule has 0 aliphatic heterocycles. The average molecular weight is 313 g/mol. The minimum atomic E-state index is -0.0456. The Morgan fingerprint density at radius 3 is 2.60 bits per heavy atom. The van der Waals surface area contributed by atoms with Crippen LogP contribution >= 0.6 is 24.4 Å². The molecule has 1 aromatic rings. The molecule has 0 atom stereocenters. The van der Waals surface area contributed by atoms with Gasteiger partial charge in [-0.1, -0.05) is 37.4 Å². The summed E-state index contributed by atoms with van der Waals surface area (Å²) in [5.74, 6) is 1.98. The Balaban J connectivity index is 1.69. The second-order valence-electron chi connectivity index (χ2n) is 6.27. The van der Waals surface area contributed by atoms with Crippen molar-refractivity contribution < 1.29 is 0 Å². The Labute approximate surface area is 129 Å². The van der Waals surface area contributed by atoms with Crippen LogP contribution < -0.4 is 5.69 Å². The van der Waals surface area contributed by atoms with Crippen LogP contribution in [0.4, 0.5) is 0 Å². The third-order valence-corrected chi connectivity index (χ3v) is 6.56. The lowest BCUT2D eigenvalue weighted by Gasteiger charge is -2.30. The van der Waals surface area contributed by atoms with Crippen LogP contribution in [-0.4, -0.2) is 26.3 Å². The number of aromatic amines is 1. The first-order valence-electron chi connectivity index (χ1n) is 7.65. The number of nitrogens with one attached hydrogen (secondary N) is 1. The van der Waals surface area contributed by atoms with Crippen molar-refractivity contribution in [2.75, 3.05) is 11.5 Å². The van der Waals surface area contributed by atoms with Crippen LogP contribution in [0.3, 0.4) is 0 Å². The maximum Gasteiger partial charge on any atom is 0.344 e. The van der Waals surface area contributed by atoms with Gasteiger partial charge in [0.05, 0.1) is 0 Å². The lowest BCUT2D eigenvalue weighted by atomic mass is 9.84. The molecule has 2 aliphatic carbocycles. The normalized spacial score (nSPS) is 22.6. The van der Waals surface area contributed by atoms with Gasteiger partial charge in [-0.3, -0.25) is 4.57 Å². The van der Waals surface area contributed by atoms with E-state index in [0.717, 1.165) is 29.5 Å². The predicted octanol–water partition coefficient (Wildman–Crippen LogP) is 3.27. The monoisotopic (exact) mass is 313 g/mol. The molecule has 0 amide bonds. The van der Waals surface area contributed by atoms with Crippen molar-refractivity contribution >= 4 is 24.4 Å². The summed E-state index contributed by atoms with van der Waals surface area (Å²) in [4.78, 5) is 11.8. The maximum absolute atomic E-state index is 11.8. The Kier molecular flexibility index (Phi) is 4.50. The van der Waals surface area contributed by atoms with Crippen LogP contribution in [0.5, 0.6) is 0 Å². The number of thiol groups is 1. The van der Waals surface area contributed by atoms with E-state index >= 15 is 0 Å². The summed E-state index contributed by atoms with van der Waals surface area (Å²) < 4.78 is 1.85. The zero-order valence-corrected chi connectivity index (χ0v) is 13.5. The van der Waals surface area contributed by atoms with E-state index in [2.05, 4.69) is 22.8 Å². The van der Waals surface area contributed by atoms with Gasteiger partial charge in [0.25, 0.3) is 0 Å². The SMILES string of the molecule is O=c1[nH]nc(SCC2(CS)CCCCCC2)n1C1CC1. The molecule has 1 aromatic heterocycles. The molecule has 0 spiro atoms. The summed E-state index contributed by atoms with van der Waals surface area (Å²) in [6.07, 6.45) is 10.1. The third kappa shape index (κ3) is 3.11. The molecule has 20 heavy (non-hydrogen) atoms. The molecule has 0 aromatic carbocycles. The van der Waals surface area contributed by atoms with Crippen molar-refractivity contribution in [3.05, 3.63) is 10.5 Å². The molecule has 6 heteroatoms. The molecule has 2 saturated carbocycles. The molecule has 2 fully saturated rings. The van der Waals surface area contributed by atoms with E-state index < -0.39 is 0 Å². The van der Waals surface area contributed by atoms with Crippen molar-refractivity contribution in [3.63, 3.8) is 0 Å². The van der Waals surface area contributed by atoms with Crippen LogP contribution in [0.15, 0.2) is 9.95 Å². The molecule has 2 aliphatic rings. The number of hydrogen-bond acceptors (Lipinski definition) is 4. The predicted molar refractivity (Wildman–Crippen MR) is 85.8 cm³/mol. The fourth-order valence-corrected chi connectivity index (χ4v) is 4.98. The number of hydrogen-bond donors (Lipinski definition) is 2. The van der Waals surface area contributed by atoms with Gasteiger partial charge in [0, 0.05) is 11.8 Å². The van der Waals surface area contributed by atoms with E-state index in [1.165, 1.54) is 38.5 Å². The van der Waals surface area contributed by atoms with Crippen LogP contribution in [-0.2, 0) is 0 Å². The zero-order chi connectivity index (χ0) is 14.0. The first-order valence-corrected chi connectivity index (χ1v) is 9.26. The van der Waals surface area contributed by atoms with Crippen LogP contribution in [0.25, 0.3) is 0 Å². The Bertz CT molecular complexity index is 499. The van der Waals surface area contributed by atoms with Gasteiger partial charge in [-0.15, -0.1) is 5.10 Å². The highest BCUT2D eigenvalue weighted by Gasteiger charge is 2.32. The van der Waals surface area contributed by atoms with Gasteiger partial charge in [-0.05, 0) is 36.9 Å². The summed E-state index contributed by atoms with van der Waals surface area (Å²) in [6.45, 7) is 0. The second-order valence-corrected chi connectivity index (χ2v) is 7.53. The molecule has 1 N–H and O–H groups in total. The first kappa shape index (κ1) is 14.6. The first-order chi connectivity index (χ1) is 9.74. The van der Waals surface area contributed by atoms with Crippen LogP contribution in [0, 0.1) is 5.41 Å². The Morgan fingerprint density at radius 2 is 2.00 bits per heavy atom. The second kappa shape index (κ2) is 6.18. The van der Waals surface area contributed by atoms with E-state index in [4.69, 9.17) is 0 Å². The molecule has 3 rings (SSSR count). The molecule has 1 heterocycles. The van der Waals surface area contributed by atoms with E-state index in [0.29, 0.717) is 11.5 Å². The van der Waals surface area contributed by atoms with Gasteiger partial charge in [0.15, 0.2) is 5.16 Å². The highest BCUT2D eigenvalue weighted by atomic mass is 32.2. The number of H-pyrrole nitrogens is 1. The van der Waals surface area contributed by atoms with Crippen LogP contribution in [0.1, 0.15) is 57.4 Å². The van der Waals surface area contributed by atoms with Gasteiger partial charge in [0.1, 0.15) is 0 Å². The topological polar surface area (TPSA) is 50.7 Å². The van der Waals surface area contributed by atoms with Gasteiger partial charge in [-0.25, -0.2) is 9.89 Å². The van der Waals surface area contributed by atoms with Gasteiger partial charge in [-0.2, -0.15) is 12.6 Å². The fraction of sp³-hybridized carbons (Fsp3) is 0.857. The summed E-state index contributed by atoms with van der Waals surface area (Å²) in [5.41, 5.74) is 0.281. The molecule has 0 unspecified atom stereocenters. The molecule has 112 valence electrons. The zero-order valence-electron chi connectivity index (χ0n) is 11.8. The molecule has 4 nitrogen and oxygen atoms in total. The number of rotatable bonds is 5. The molecule has 0 saturated heterocycles. The van der Waals surface area contributed by atoms with E-state index in [-0.39, 0.29) is 5.69 Å². The van der Waals surface area contributed by atoms with Gasteiger partial charge >= 0.3 is 5.69 Å². The van der Waals surface area contributed by atoms with E-state index in [9.17, 15) is 4.79 Å². The van der Waals surface area contributed by atoms with Crippen LogP contribution in [0.2, 0.25) is 0 Å². The van der Waals surface area contributed by atoms with Crippen molar-refractivity contribution in [1.82, 2.24) is 14.8 Å². The smallest absolute Gasteiger partial charge is 0.267 e. The number of aromatic nitrogens is 3. The van der Waals surface area contributed by atoms with Crippen molar-refractivity contribution in [2.24, 2.45) is 5.41 Å². The fourth-order valence-electron chi connectivity index (χ4n) is 3.09. The van der Waals surface area contributed by atoms with Crippen molar-refractivity contribution in [1.29, 1.82) is 0 Å².